The molecule has 1 aromatic rings. The first-order chi connectivity index (χ1) is 9.15. The Bertz CT molecular complexity index is 489. The summed E-state index contributed by atoms with van der Waals surface area (Å²) in [6, 6.07) is 2.85. The molecule has 1 heterocycles. The second-order valence-electron chi connectivity index (χ2n) is 5.48. The minimum atomic E-state index is -0.422. The van der Waals surface area contributed by atoms with Gasteiger partial charge in [-0.3, -0.25) is 10.1 Å². The minimum Gasteiger partial charge on any atom is -0.364 e. The lowest BCUT2D eigenvalue weighted by molar-refractivity contribution is -0.384. The Labute approximate surface area is 116 Å². The molecule has 2 saturated carbocycles. The molecule has 2 aliphatic rings. The van der Waals surface area contributed by atoms with Gasteiger partial charge in [-0.1, -0.05) is 11.6 Å². The quantitative estimate of drug-likeness (QED) is 0.492. The number of aromatic nitrogens is 1. The Kier molecular flexibility index (Phi) is 3.31. The highest BCUT2D eigenvalue weighted by Gasteiger charge is 2.41. The number of nitrogens with one attached hydrogen (secondary N) is 1. The lowest BCUT2D eigenvalue weighted by atomic mass is 9.98. The van der Waals surface area contributed by atoms with Gasteiger partial charge in [0.25, 0.3) is 0 Å². The second kappa shape index (κ2) is 4.96. The van der Waals surface area contributed by atoms with E-state index in [1.807, 2.05) is 0 Å². The average Bonchev–Trinajstić information content (AvgIpc) is 3.24. The maximum Gasteiger partial charge on any atom is 0.311 e. The zero-order chi connectivity index (χ0) is 13.4. The molecule has 0 saturated heterocycles. The van der Waals surface area contributed by atoms with Crippen molar-refractivity contribution in [2.75, 3.05) is 11.9 Å². The summed E-state index contributed by atoms with van der Waals surface area (Å²) in [6.07, 6.45) is 5.20. The van der Waals surface area contributed by atoms with E-state index < -0.39 is 4.92 Å². The number of nitrogens with zero attached hydrogens (tertiary/aromatic N) is 2. The van der Waals surface area contributed by atoms with Gasteiger partial charge in [-0.15, -0.1) is 0 Å². The molecule has 0 aromatic carbocycles. The van der Waals surface area contributed by atoms with E-state index >= 15 is 0 Å². The van der Waals surface area contributed by atoms with Crippen LogP contribution in [0.1, 0.15) is 25.7 Å². The van der Waals surface area contributed by atoms with E-state index in [4.69, 9.17) is 11.6 Å². The second-order valence-corrected chi connectivity index (χ2v) is 5.87. The Morgan fingerprint density at radius 3 is 2.53 bits per heavy atom. The molecule has 2 aliphatic carbocycles. The molecule has 1 aromatic heterocycles. The van der Waals surface area contributed by atoms with Crippen LogP contribution in [0.5, 0.6) is 0 Å². The van der Waals surface area contributed by atoms with E-state index in [0.29, 0.717) is 11.7 Å². The van der Waals surface area contributed by atoms with E-state index in [2.05, 4.69) is 10.3 Å². The Hall–Kier alpha value is -1.36. The van der Waals surface area contributed by atoms with Gasteiger partial charge in [-0.05, 0) is 49.5 Å². The van der Waals surface area contributed by atoms with Crippen molar-refractivity contribution < 1.29 is 4.92 Å². The molecule has 0 amide bonds. The standard InChI is InChI=1S/C13H16ClN3O2/c14-12-6-5-11(17(18)19)13(16-12)15-7-10(8-1-2-8)9-3-4-9/h5-6,8-10H,1-4,7H2,(H,15,16). The Morgan fingerprint density at radius 2 is 2.00 bits per heavy atom. The molecule has 19 heavy (non-hydrogen) atoms. The largest absolute Gasteiger partial charge is 0.364 e. The van der Waals surface area contributed by atoms with Crippen molar-refractivity contribution >= 4 is 23.1 Å². The number of rotatable bonds is 6. The van der Waals surface area contributed by atoms with Crippen LogP contribution in [0.4, 0.5) is 11.5 Å². The molecule has 0 radical (unpaired) electrons. The third-order valence-corrected chi connectivity index (χ3v) is 4.21. The van der Waals surface area contributed by atoms with E-state index in [-0.39, 0.29) is 10.8 Å². The fourth-order valence-corrected chi connectivity index (χ4v) is 2.83. The van der Waals surface area contributed by atoms with Crippen molar-refractivity contribution in [3.05, 3.63) is 27.4 Å². The number of halogens is 1. The lowest BCUT2D eigenvalue weighted by Crippen LogP contribution is -2.19. The van der Waals surface area contributed by atoms with Crippen LogP contribution < -0.4 is 5.32 Å². The van der Waals surface area contributed by atoms with Gasteiger partial charge in [-0.25, -0.2) is 4.98 Å². The van der Waals surface area contributed by atoms with Crippen LogP contribution in [-0.4, -0.2) is 16.5 Å². The Balaban J connectivity index is 1.71. The summed E-state index contributed by atoms with van der Waals surface area (Å²) in [4.78, 5) is 14.6. The van der Waals surface area contributed by atoms with Crippen LogP contribution in [0.15, 0.2) is 12.1 Å². The van der Waals surface area contributed by atoms with E-state index in [9.17, 15) is 10.1 Å². The zero-order valence-electron chi connectivity index (χ0n) is 10.5. The number of nitro groups is 1. The normalized spacial score (nSPS) is 18.6. The van der Waals surface area contributed by atoms with Gasteiger partial charge in [0.2, 0.25) is 5.82 Å². The SMILES string of the molecule is O=[N+]([O-])c1ccc(Cl)nc1NCC(C1CC1)C1CC1. The zero-order valence-corrected chi connectivity index (χ0v) is 11.3. The van der Waals surface area contributed by atoms with Crippen molar-refractivity contribution in [2.24, 2.45) is 17.8 Å². The molecule has 5 nitrogen and oxygen atoms in total. The smallest absolute Gasteiger partial charge is 0.311 e. The maximum absolute atomic E-state index is 11.0. The van der Waals surface area contributed by atoms with E-state index in [1.165, 1.54) is 37.8 Å². The minimum absolute atomic E-state index is 0.00487. The highest BCUT2D eigenvalue weighted by Crippen LogP contribution is 2.49. The van der Waals surface area contributed by atoms with Crippen molar-refractivity contribution in [3.63, 3.8) is 0 Å². The number of anilines is 1. The fourth-order valence-electron chi connectivity index (χ4n) is 2.69. The monoisotopic (exact) mass is 281 g/mol. The highest BCUT2D eigenvalue weighted by atomic mass is 35.5. The first-order valence-corrected chi connectivity index (χ1v) is 7.08. The topological polar surface area (TPSA) is 68.1 Å². The van der Waals surface area contributed by atoms with Gasteiger partial charge in [-0.2, -0.15) is 0 Å². The summed E-state index contributed by atoms with van der Waals surface area (Å²) in [5.74, 6) is 2.54. The molecule has 3 rings (SSSR count). The van der Waals surface area contributed by atoms with Gasteiger partial charge >= 0.3 is 5.69 Å². The van der Waals surface area contributed by atoms with E-state index in [0.717, 1.165) is 18.4 Å². The van der Waals surface area contributed by atoms with Gasteiger partial charge in [0, 0.05) is 12.6 Å². The molecule has 1 N–H and O–H groups in total. The average molecular weight is 282 g/mol. The van der Waals surface area contributed by atoms with Crippen molar-refractivity contribution in [1.29, 1.82) is 0 Å². The lowest BCUT2D eigenvalue weighted by Gasteiger charge is -2.16. The molecule has 2 fully saturated rings. The van der Waals surface area contributed by atoms with Gasteiger partial charge < -0.3 is 5.32 Å². The molecular formula is C13H16ClN3O2. The van der Waals surface area contributed by atoms with Crippen LogP contribution >= 0.6 is 11.6 Å². The molecule has 0 atom stereocenters. The predicted molar refractivity (Wildman–Crippen MR) is 73.3 cm³/mol. The molecule has 0 bridgehead atoms. The first kappa shape index (κ1) is 12.7. The summed E-state index contributed by atoms with van der Waals surface area (Å²) in [5.41, 5.74) is -0.00487. The number of hydrogen-bond acceptors (Lipinski definition) is 4. The number of hydrogen-bond donors (Lipinski definition) is 1. The van der Waals surface area contributed by atoms with Crippen LogP contribution in [0.3, 0.4) is 0 Å². The Morgan fingerprint density at radius 1 is 1.37 bits per heavy atom. The van der Waals surface area contributed by atoms with Crippen LogP contribution in [-0.2, 0) is 0 Å². The van der Waals surface area contributed by atoms with Crippen LogP contribution in [0.2, 0.25) is 5.15 Å². The summed E-state index contributed by atoms with van der Waals surface area (Å²) in [5, 5.41) is 14.4. The fraction of sp³-hybridized carbons (Fsp3) is 0.615. The van der Waals surface area contributed by atoms with Crippen molar-refractivity contribution in [1.82, 2.24) is 4.98 Å². The van der Waals surface area contributed by atoms with E-state index in [1.54, 1.807) is 0 Å². The summed E-state index contributed by atoms with van der Waals surface area (Å²) < 4.78 is 0. The first-order valence-electron chi connectivity index (χ1n) is 6.70. The predicted octanol–water partition coefficient (Wildman–Crippen LogP) is 3.49. The van der Waals surface area contributed by atoms with Crippen molar-refractivity contribution in [2.45, 2.75) is 25.7 Å². The maximum atomic E-state index is 11.0. The molecule has 102 valence electrons. The molecular weight excluding hydrogens is 266 g/mol. The van der Waals surface area contributed by atoms with Crippen LogP contribution in [0.25, 0.3) is 0 Å². The molecule has 0 unspecified atom stereocenters. The van der Waals surface area contributed by atoms with Crippen molar-refractivity contribution in [3.8, 4) is 0 Å². The van der Waals surface area contributed by atoms with Gasteiger partial charge in [0.05, 0.1) is 4.92 Å². The summed E-state index contributed by atoms with van der Waals surface area (Å²) >= 11 is 5.81. The highest BCUT2D eigenvalue weighted by molar-refractivity contribution is 6.29. The molecule has 6 heteroatoms. The third-order valence-electron chi connectivity index (χ3n) is 4.00. The summed E-state index contributed by atoms with van der Waals surface area (Å²) in [6.45, 7) is 0.767. The molecule has 0 aliphatic heterocycles. The van der Waals surface area contributed by atoms with Crippen LogP contribution in [0, 0.1) is 27.9 Å². The third kappa shape index (κ3) is 2.97. The number of pyridine rings is 1. The van der Waals surface area contributed by atoms with Gasteiger partial charge in [0.1, 0.15) is 5.15 Å². The molecule has 0 spiro atoms. The summed E-state index contributed by atoms with van der Waals surface area (Å²) in [7, 11) is 0. The van der Waals surface area contributed by atoms with Gasteiger partial charge in [0.15, 0.2) is 0 Å².